The van der Waals surface area contributed by atoms with Crippen molar-refractivity contribution in [3.05, 3.63) is 65.5 Å². The minimum absolute atomic E-state index is 0.208. The third-order valence-corrected chi connectivity index (χ3v) is 3.04. The van der Waals surface area contributed by atoms with Gasteiger partial charge in [0, 0.05) is 12.6 Å². The maximum absolute atomic E-state index is 12.0. The number of hydrogen-bond donors (Lipinski definition) is 2. The van der Waals surface area contributed by atoms with Crippen molar-refractivity contribution in [3.63, 3.8) is 0 Å². The standard InChI is InChI=1S/C16H14N4O2/c17-10-12-5-3-4-11(8-12)9-14(15(18)21)20-16(22)13-6-1-2-7-19-13/h1-8,14H,9H2,(H2,18,21)(H,20,22)/t14-/m1/s1. The average molecular weight is 294 g/mol. The van der Waals surface area contributed by atoms with Gasteiger partial charge in [0.15, 0.2) is 0 Å². The number of primary amides is 1. The Hall–Kier alpha value is -3.20. The number of benzene rings is 1. The summed E-state index contributed by atoms with van der Waals surface area (Å²) in [6.07, 6.45) is 1.70. The van der Waals surface area contributed by atoms with E-state index in [1.165, 1.54) is 6.20 Å². The summed E-state index contributed by atoms with van der Waals surface area (Å²) in [4.78, 5) is 27.5. The van der Waals surface area contributed by atoms with Crippen molar-refractivity contribution in [1.29, 1.82) is 5.26 Å². The number of nitrogens with two attached hydrogens (primary N) is 1. The number of rotatable bonds is 5. The Bertz CT molecular complexity index is 722. The lowest BCUT2D eigenvalue weighted by atomic mass is 10.0. The van der Waals surface area contributed by atoms with Gasteiger partial charge < -0.3 is 11.1 Å². The van der Waals surface area contributed by atoms with Crippen molar-refractivity contribution in [2.75, 3.05) is 0 Å². The van der Waals surface area contributed by atoms with Gasteiger partial charge in [-0.3, -0.25) is 14.6 Å². The van der Waals surface area contributed by atoms with Gasteiger partial charge in [0.25, 0.3) is 5.91 Å². The first-order chi connectivity index (χ1) is 10.6. The Labute approximate surface area is 127 Å². The summed E-state index contributed by atoms with van der Waals surface area (Å²) in [5, 5.41) is 11.4. The molecule has 6 heteroatoms. The van der Waals surface area contributed by atoms with Gasteiger partial charge in [0.1, 0.15) is 11.7 Å². The molecule has 0 spiro atoms. The number of nitrogens with one attached hydrogen (secondary N) is 1. The van der Waals surface area contributed by atoms with Gasteiger partial charge in [0.2, 0.25) is 5.91 Å². The zero-order valence-corrected chi connectivity index (χ0v) is 11.7. The molecule has 2 aromatic rings. The molecule has 1 atom stereocenters. The molecule has 1 aromatic carbocycles. The van der Waals surface area contributed by atoms with Crippen LogP contribution in [-0.2, 0) is 11.2 Å². The predicted octanol–water partition coefficient (Wildman–Crippen LogP) is 0.780. The Morgan fingerprint density at radius 2 is 2.09 bits per heavy atom. The molecule has 0 unspecified atom stereocenters. The first kappa shape index (κ1) is 15.2. The van der Waals surface area contributed by atoms with Gasteiger partial charge in [-0.1, -0.05) is 18.2 Å². The average Bonchev–Trinajstić information content (AvgIpc) is 2.55. The van der Waals surface area contributed by atoms with E-state index in [4.69, 9.17) is 11.0 Å². The van der Waals surface area contributed by atoms with Crippen molar-refractivity contribution in [2.24, 2.45) is 5.73 Å². The highest BCUT2D eigenvalue weighted by Gasteiger charge is 2.20. The number of nitriles is 1. The lowest BCUT2D eigenvalue weighted by Crippen LogP contribution is -2.46. The second-order valence-electron chi connectivity index (χ2n) is 4.66. The molecule has 0 bridgehead atoms. The summed E-state index contributed by atoms with van der Waals surface area (Å²) in [5.41, 5.74) is 6.77. The van der Waals surface area contributed by atoms with Crippen LogP contribution in [0.2, 0.25) is 0 Å². The van der Waals surface area contributed by atoms with Crippen LogP contribution in [-0.4, -0.2) is 22.8 Å². The van der Waals surface area contributed by atoms with Gasteiger partial charge >= 0.3 is 0 Å². The van der Waals surface area contributed by atoms with E-state index in [0.29, 0.717) is 5.56 Å². The van der Waals surface area contributed by atoms with Crippen molar-refractivity contribution >= 4 is 11.8 Å². The maximum Gasteiger partial charge on any atom is 0.270 e. The lowest BCUT2D eigenvalue weighted by Gasteiger charge is -2.15. The first-order valence-electron chi connectivity index (χ1n) is 6.60. The largest absolute Gasteiger partial charge is 0.368 e. The number of pyridine rings is 1. The molecular weight excluding hydrogens is 280 g/mol. The fraction of sp³-hybridized carbons (Fsp3) is 0.125. The SMILES string of the molecule is N#Cc1cccc(C[C@@H](NC(=O)c2ccccn2)C(N)=O)c1. The van der Waals surface area contributed by atoms with Crippen LogP contribution in [0.25, 0.3) is 0 Å². The summed E-state index contributed by atoms with van der Waals surface area (Å²) < 4.78 is 0. The van der Waals surface area contributed by atoms with Gasteiger partial charge in [-0.15, -0.1) is 0 Å². The molecule has 0 saturated carbocycles. The first-order valence-corrected chi connectivity index (χ1v) is 6.60. The van der Waals surface area contributed by atoms with Crippen molar-refractivity contribution < 1.29 is 9.59 Å². The molecule has 1 heterocycles. The zero-order valence-electron chi connectivity index (χ0n) is 11.7. The van der Waals surface area contributed by atoms with Gasteiger partial charge in [0.05, 0.1) is 11.6 Å². The van der Waals surface area contributed by atoms with E-state index in [0.717, 1.165) is 5.56 Å². The number of carbonyl (C=O) groups excluding carboxylic acids is 2. The molecule has 3 N–H and O–H groups in total. The number of nitrogens with zero attached hydrogens (tertiary/aromatic N) is 2. The highest BCUT2D eigenvalue weighted by molar-refractivity contribution is 5.95. The minimum Gasteiger partial charge on any atom is -0.368 e. The van der Waals surface area contributed by atoms with Crippen molar-refractivity contribution in [3.8, 4) is 6.07 Å². The monoisotopic (exact) mass is 294 g/mol. The van der Waals surface area contributed by atoms with E-state index in [1.807, 2.05) is 6.07 Å². The molecule has 0 fully saturated rings. The molecule has 2 rings (SSSR count). The van der Waals surface area contributed by atoms with E-state index < -0.39 is 17.9 Å². The van der Waals surface area contributed by atoms with Crippen LogP contribution in [0.15, 0.2) is 48.7 Å². The molecule has 6 nitrogen and oxygen atoms in total. The number of amides is 2. The third kappa shape index (κ3) is 3.90. The Kier molecular flexibility index (Phi) is 4.83. The summed E-state index contributed by atoms with van der Waals surface area (Å²) >= 11 is 0. The number of carbonyl (C=O) groups is 2. The molecule has 1 aromatic heterocycles. The highest BCUT2D eigenvalue weighted by atomic mass is 16.2. The topological polar surface area (TPSA) is 109 Å². The van der Waals surface area contributed by atoms with E-state index in [1.54, 1.807) is 42.5 Å². The van der Waals surface area contributed by atoms with Crippen molar-refractivity contribution in [1.82, 2.24) is 10.3 Å². The van der Waals surface area contributed by atoms with Gasteiger partial charge in [-0.25, -0.2) is 0 Å². The summed E-state index contributed by atoms with van der Waals surface area (Å²) in [6, 6.07) is 12.9. The van der Waals surface area contributed by atoms with Crippen LogP contribution in [0.5, 0.6) is 0 Å². The Balaban J connectivity index is 2.12. The molecule has 110 valence electrons. The van der Waals surface area contributed by atoms with Crippen LogP contribution >= 0.6 is 0 Å². The predicted molar refractivity (Wildman–Crippen MR) is 79.5 cm³/mol. The van der Waals surface area contributed by atoms with Gasteiger partial charge in [-0.05, 0) is 29.8 Å². The fourth-order valence-electron chi connectivity index (χ4n) is 1.96. The molecule has 0 aliphatic carbocycles. The molecule has 2 amide bonds. The van der Waals surface area contributed by atoms with Gasteiger partial charge in [-0.2, -0.15) is 5.26 Å². The normalized spacial score (nSPS) is 11.2. The zero-order chi connectivity index (χ0) is 15.9. The van der Waals surface area contributed by atoms with E-state index in [2.05, 4.69) is 10.3 Å². The fourth-order valence-corrected chi connectivity index (χ4v) is 1.96. The lowest BCUT2D eigenvalue weighted by molar-refractivity contribution is -0.119. The highest BCUT2D eigenvalue weighted by Crippen LogP contribution is 2.07. The quantitative estimate of drug-likeness (QED) is 0.849. The second kappa shape index (κ2) is 6.99. The van der Waals surface area contributed by atoms with E-state index >= 15 is 0 Å². The molecule has 0 aliphatic heterocycles. The van der Waals surface area contributed by atoms with Crippen molar-refractivity contribution in [2.45, 2.75) is 12.5 Å². The summed E-state index contributed by atoms with van der Waals surface area (Å²) in [6.45, 7) is 0. The summed E-state index contributed by atoms with van der Waals surface area (Å²) in [7, 11) is 0. The third-order valence-electron chi connectivity index (χ3n) is 3.04. The Morgan fingerprint density at radius 1 is 1.27 bits per heavy atom. The summed E-state index contributed by atoms with van der Waals surface area (Å²) in [5.74, 6) is -1.12. The van der Waals surface area contributed by atoms with E-state index in [9.17, 15) is 9.59 Å². The maximum atomic E-state index is 12.0. The van der Waals surface area contributed by atoms with E-state index in [-0.39, 0.29) is 12.1 Å². The smallest absolute Gasteiger partial charge is 0.270 e. The van der Waals surface area contributed by atoms with Crippen LogP contribution in [0.3, 0.4) is 0 Å². The molecule has 0 saturated heterocycles. The van der Waals surface area contributed by atoms with Crippen LogP contribution < -0.4 is 11.1 Å². The molecular formula is C16H14N4O2. The minimum atomic E-state index is -0.872. The van der Waals surface area contributed by atoms with Crippen LogP contribution in [0.1, 0.15) is 21.6 Å². The molecule has 0 aliphatic rings. The number of aromatic nitrogens is 1. The van der Waals surface area contributed by atoms with Crippen LogP contribution in [0, 0.1) is 11.3 Å². The number of hydrogen-bond acceptors (Lipinski definition) is 4. The Morgan fingerprint density at radius 3 is 2.73 bits per heavy atom. The van der Waals surface area contributed by atoms with Crippen LogP contribution in [0.4, 0.5) is 0 Å². The molecule has 22 heavy (non-hydrogen) atoms. The molecule has 0 radical (unpaired) electrons. The second-order valence-corrected chi connectivity index (χ2v) is 4.66.